The van der Waals surface area contributed by atoms with Gasteiger partial charge in [-0.25, -0.2) is 0 Å². The molecule has 3 heteroatoms. The number of hydrogen-bond donors (Lipinski definition) is 1. The molecule has 2 atom stereocenters. The fraction of sp³-hybridized carbons (Fsp3) is 0.400. The highest BCUT2D eigenvalue weighted by Crippen LogP contribution is 2.45. The second-order valence-corrected chi connectivity index (χ2v) is 6.82. The Morgan fingerprint density at radius 2 is 1.82 bits per heavy atom. The monoisotopic (exact) mass is 379 g/mol. The van der Waals surface area contributed by atoms with Crippen molar-refractivity contribution in [3.05, 3.63) is 65.7 Å². The lowest BCUT2D eigenvalue weighted by molar-refractivity contribution is 0.112. The van der Waals surface area contributed by atoms with Crippen molar-refractivity contribution in [3.63, 3.8) is 0 Å². The Labute approximate surface area is 169 Å². The highest BCUT2D eigenvalue weighted by Gasteiger charge is 2.31. The van der Waals surface area contributed by atoms with Crippen molar-refractivity contribution in [1.82, 2.24) is 0 Å². The minimum absolute atomic E-state index is 0.180. The summed E-state index contributed by atoms with van der Waals surface area (Å²) in [6.07, 6.45) is 4.28. The quantitative estimate of drug-likeness (QED) is 0.531. The van der Waals surface area contributed by atoms with Crippen LogP contribution in [0.25, 0.3) is 5.57 Å². The Hall–Kier alpha value is -2.55. The van der Waals surface area contributed by atoms with E-state index in [1.807, 2.05) is 51.1 Å². The Bertz CT molecular complexity index is 780. The van der Waals surface area contributed by atoms with Crippen LogP contribution in [-0.2, 0) is 0 Å². The lowest BCUT2D eigenvalue weighted by Crippen LogP contribution is -2.27. The lowest BCUT2D eigenvalue weighted by atomic mass is 9.77. The van der Waals surface area contributed by atoms with Crippen LogP contribution in [0.15, 0.2) is 49.0 Å². The van der Waals surface area contributed by atoms with Crippen LogP contribution >= 0.6 is 0 Å². The first-order valence-corrected chi connectivity index (χ1v) is 10.5. The first-order chi connectivity index (χ1) is 13.7. The molecule has 0 aromatic heterocycles. The molecular formula is C25H33NO2. The van der Waals surface area contributed by atoms with Crippen molar-refractivity contribution in [2.45, 2.75) is 53.0 Å². The molecular weight excluding hydrogens is 346 g/mol. The average molecular weight is 380 g/mol. The predicted octanol–water partition coefficient (Wildman–Crippen LogP) is 6.91. The van der Waals surface area contributed by atoms with E-state index in [0.29, 0.717) is 18.1 Å². The Morgan fingerprint density at radius 3 is 2.43 bits per heavy atom. The summed E-state index contributed by atoms with van der Waals surface area (Å²) in [5.74, 6) is 1.20. The molecule has 0 saturated heterocycles. The zero-order valence-electron chi connectivity index (χ0n) is 17.6. The molecule has 2 aromatic carbocycles. The van der Waals surface area contributed by atoms with Crippen LogP contribution in [0.1, 0.15) is 74.5 Å². The Balaban J connectivity index is 0.00000136. The van der Waals surface area contributed by atoms with E-state index < -0.39 is 0 Å². The van der Waals surface area contributed by atoms with Crippen LogP contribution in [0.4, 0.5) is 5.69 Å². The van der Waals surface area contributed by atoms with E-state index in [0.717, 1.165) is 48.1 Å². The number of benzene rings is 2. The molecule has 1 aliphatic rings. The van der Waals surface area contributed by atoms with Gasteiger partial charge in [-0.2, -0.15) is 0 Å². The molecule has 1 N–H and O–H groups in total. The molecule has 1 heterocycles. The molecule has 0 fully saturated rings. The molecule has 0 amide bonds. The van der Waals surface area contributed by atoms with Gasteiger partial charge in [0.2, 0.25) is 0 Å². The second kappa shape index (κ2) is 10.7. The summed E-state index contributed by atoms with van der Waals surface area (Å²) >= 11 is 0. The lowest BCUT2D eigenvalue weighted by Gasteiger charge is -2.37. The van der Waals surface area contributed by atoms with Gasteiger partial charge in [-0.3, -0.25) is 4.79 Å². The van der Waals surface area contributed by atoms with Crippen molar-refractivity contribution in [2.24, 2.45) is 5.92 Å². The molecule has 0 bridgehead atoms. The molecule has 2 aromatic rings. The normalized spacial score (nSPS) is 17.6. The number of nitrogens with one attached hydrogen (secondary N) is 1. The minimum Gasteiger partial charge on any atom is -0.494 e. The van der Waals surface area contributed by atoms with E-state index in [1.165, 1.54) is 5.56 Å². The summed E-state index contributed by atoms with van der Waals surface area (Å²) in [5.41, 5.74) is 5.17. The minimum atomic E-state index is 0.180. The van der Waals surface area contributed by atoms with E-state index in [9.17, 15) is 4.79 Å². The molecule has 0 radical (unpaired) electrons. The van der Waals surface area contributed by atoms with E-state index in [1.54, 1.807) is 0 Å². The maximum atomic E-state index is 11.2. The van der Waals surface area contributed by atoms with Crippen LogP contribution in [0.5, 0.6) is 5.75 Å². The van der Waals surface area contributed by atoms with E-state index in [4.69, 9.17) is 4.74 Å². The molecule has 1 aliphatic heterocycles. The number of aldehydes is 1. The van der Waals surface area contributed by atoms with Gasteiger partial charge in [0, 0.05) is 22.7 Å². The summed E-state index contributed by atoms with van der Waals surface area (Å²) in [7, 11) is 0. The highest BCUT2D eigenvalue weighted by atomic mass is 16.5. The van der Waals surface area contributed by atoms with Crippen molar-refractivity contribution >= 4 is 17.5 Å². The predicted molar refractivity (Wildman–Crippen MR) is 119 cm³/mol. The average Bonchev–Trinajstić information content (AvgIpc) is 2.75. The number of anilines is 1. The van der Waals surface area contributed by atoms with E-state index in [2.05, 4.69) is 31.0 Å². The fourth-order valence-corrected chi connectivity index (χ4v) is 3.71. The third-order valence-corrected chi connectivity index (χ3v) is 5.11. The van der Waals surface area contributed by atoms with Gasteiger partial charge < -0.3 is 10.1 Å². The number of carbonyl (C=O) groups excluding carboxylic acids is 1. The van der Waals surface area contributed by atoms with Gasteiger partial charge in [-0.1, -0.05) is 52.3 Å². The smallest absolute Gasteiger partial charge is 0.150 e. The molecule has 2 unspecified atom stereocenters. The zero-order valence-corrected chi connectivity index (χ0v) is 17.6. The zero-order chi connectivity index (χ0) is 20.5. The highest BCUT2D eigenvalue weighted by molar-refractivity contribution is 5.85. The topological polar surface area (TPSA) is 38.3 Å². The largest absolute Gasteiger partial charge is 0.494 e. The summed E-state index contributed by atoms with van der Waals surface area (Å²) in [5, 5.41) is 3.69. The maximum Gasteiger partial charge on any atom is 0.150 e. The number of ether oxygens (including phenoxy) is 1. The molecule has 0 spiro atoms. The van der Waals surface area contributed by atoms with Crippen molar-refractivity contribution in [2.75, 3.05) is 11.9 Å². The standard InChI is InChI=1S/C23H27NO2.C2H6/c1-4-6-7-20-16(3)21-14-17(15-25)8-13-22(21)24-23(20)18-9-11-19(12-10-18)26-5-2;1-2/h8-15,20,23-24H,3-7H2,1-2H3;1-2H3. The third-order valence-electron chi connectivity index (χ3n) is 5.11. The maximum absolute atomic E-state index is 11.2. The van der Waals surface area contributed by atoms with E-state index >= 15 is 0 Å². The van der Waals surface area contributed by atoms with Gasteiger partial charge in [0.05, 0.1) is 12.6 Å². The van der Waals surface area contributed by atoms with Crippen molar-refractivity contribution in [3.8, 4) is 5.75 Å². The van der Waals surface area contributed by atoms with Crippen LogP contribution in [0, 0.1) is 5.92 Å². The Kier molecular flexibility index (Phi) is 8.31. The van der Waals surface area contributed by atoms with Gasteiger partial charge in [-0.05, 0) is 54.8 Å². The van der Waals surface area contributed by atoms with Crippen LogP contribution in [0.2, 0.25) is 0 Å². The Morgan fingerprint density at radius 1 is 1.11 bits per heavy atom. The number of unbranched alkanes of at least 4 members (excludes halogenated alkanes) is 1. The summed E-state index contributed by atoms with van der Waals surface area (Å²) in [4.78, 5) is 11.2. The van der Waals surface area contributed by atoms with Gasteiger partial charge in [0.25, 0.3) is 0 Å². The molecule has 150 valence electrons. The number of rotatable bonds is 7. The number of carbonyl (C=O) groups is 1. The fourth-order valence-electron chi connectivity index (χ4n) is 3.71. The van der Waals surface area contributed by atoms with Crippen LogP contribution in [0.3, 0.4) is 0 Å². The van der Waals surface area contributed by atoms with Gasteiger partial charge in [0.1, 0.15) is 12.0 Å². The van der Waals surface area contributed by atoms with Crippen LogP contribution < -0.4 is 10.1 Å². The summed E-state index contributed by atoms with van der Waals surface area (Å²) < 4.78 is 5.57. The molecule has 0 saturated carbocycles. The van der Waals surface area contributed by atoms with Gasteiger partial charge in [-0.15, -0.1) is 0 Å². The number of fused-ring (bicyclic) bond motifs is 1. The molecule has 0 aliphatic carbocycles. The first kappa shape index (κ1) is 21.7. The van der Waals surface area contributed by atoms with Crippen molar-refractivity contribution in [1.29, 1.82) is 0 Å². The summed E-state index contributed by atoms with van der Waals surface area (Å²) in [6, 6.07) is 14.3. The third kappa shape index (κ3) is 4.83. The number of hydrogen-bond acceptors (Lipinski definition) is 3. The van der Waals surface area contributed by atoms with Crippen LogP contribution in [-0.4, -0.2) is 12.9 Å². The first-order valence-electron chi connectivity index (χ1n) is 10.5. The van der Waals surface area contributed by atoms with Gasteiger partial charge in [0.15, 0.2) is 0 Å². The summed E-state index contributed by atoms with van der Waals surface area (Å²) in [6.45, 7) is 13.3. The van der Waals surface area contributed by atoms with Crippen molar-refractivity contribution < 1.29 is 9.53 Å². The SMILES string of the molecule is C=C1c2cc(C=O)ccc2NC(c2ccc(OCC)cc2)C1CCCC.CC. The van der Waals surface area contributed by atoms with E-state index in [-0.39, 0.29) is 6.04 Å². The molecule has 28 heavy (non-hydrogen) atoms. The molecule has 3 nitrogen and oxygen atoms in total. The van der Waals surface area contributed by atoms with Gasteiger partial charge >= 0.3 is 0 Å². The molecule has 3 rings (SSSR count). The second-order valence-electron chi connectivity index (χ2n) is 6.82.